The lowest BCUT2D eigenvalue weighted by Crippen LogP contribution is -2.00. The summed E-state index contributed by atoms with van der Waals surface area (Å²) in [7, 11) is 0. The Morgan fingerprint density at radius 3 is 2.73 bits per heavy atom. The first kappa shape index (κ1) is 9.77. The van der Waals surface area contributed by atoms with Crippen LogP contribution in [0.4, 0.5) is 5.69 Å². The van der Waals surface area contributed by atoms with Crippen LogP contribution in [0.1, 0.15) is 12.6 Å². The van der Waals surface area contributed by atoms with Gasteiger partial charge < -0.3 is 5.73 Å². The van der Waals surface area contributed by atoms with Crippen molar-refractivity contribution in [2.45, 2.75) is 20.4 Å². The first-order chi connectivity index (χ1) is 7.22. The zero-order valence-electron chi connectivity index (χ0n) is 9.07. The quantitative estimate of drug-likeness (QED) is 0.758. The maximum atomic E-state index is 5.94. The maximum absolute atomic E-state index is 5.94. The summed E-state index contributed by atoms with van der Waals surface area (Å²) in [5.41, 5.74) is 9.91. The molecule has 1 heterocycles. The SMILES string of the molecule is CCn1nc(C)cc1-c1ccccc1N. The average Bonchev–Trinajstić information content (AvgIpc) is 2.60. The molecule has 3 nitrogen and oxygen atoms in total. The molecular formula is C12H15N3. The number of para-hydroxylation sites is 1. The van der Waals surface area contributed by atoms with Crippen molar-refractivity contribution in [2.24, 2.45) is 0 Å². The molecular weight excluding hydrogens is 186 g/mol. The fourth-order valence-corrected chi connectivity index (χ4v) is 1.73. The van der Waals surface area contributed by atoms with Crippen molar-refractivity contribution in [3.05, 3.63) is 36.0 Å². The van der Waals surface area contributed by atoms with E-state index in [0.29, 0.717) is 0 Å². The molecule has 0 radical (unpaired) electrons. The number of anilines is 1. The predicted octanol–water partition coefficient (Wildman–Crippen LogP) is 2.46. The van der Waals surface area contributed by atoms with Gasteiger partial charge in [-0.2, -0.15) is 5.10 Å². The predicted molar refractivity (Wildman–Crippen MR) is 62.5 cm³/mol. The van der Waals surface area contributed by atoms with Crippen molar-refractivity contribution in [2.75, 3.05) is 5.73 Å². The van der Waals surface area contributed by atoms with Gasteiger partial charge in [0.25, 0.3) is 0 Å². The summed E-state index contributed by atoms with van der Waals surface area (Å²) in [5, 5.41) is 4.41. The van der Waals surface area contributed by atoms with Crippen molar-refractivity contribution in [3.8, 4) is 11.3 Å². The second-order valence-electron chi connectivity index (χ2n) is 3.57. The van der Waals surface area contributed by atoms with Crippen molar-refractivity contribution in [1.82, 2.24) is 9.78 Å². The lowest BCUT2D eigenvalue weighted by Gasteiger charge is -2.06. The highest BCUT2D eigenvalue weighted by atomic mass is 15.3. The molecule has 0 bridgehead atoms. The van der Waals surface area contributed by atoms with Crippen LogP contribution in [0.15, 0.2) is 30.3 Å². The first-order valence-electron chi connectivity index (χ1n) is 5.11. The van der Waals surface area contributed by atoms with Crippen molar-refractivity contribution < 1.29 is 0 Å². The van der Waals surface area contributed by atoms with Gasteiger partial charge in [0, 0.05) is 17.8 Å². The molecule has 0 amide bonds. The maximum Gasteiger partial charge on any atom is 0.0705 e. The number of hydrogen-bond donors (Lipinski definition) is 1. The van der Waals surface area contributed by atoms with Crippen molar-refractivity contribution in [1.29, 1.82) is 0 Å². The summed E-state index contributed by atoms with van der Waals surface area (Å²) in [4.78, 5) is 0. The third-order valence-electron chi connectivity index (χ3n) is 2.44. The summed E-state index contributed by atoms with van der Waals surface area (Å²) in [6, 6.07) is 9.94. The summed E-state index contributed by atoms with van der Waals surface area (Å²) < 4.78 is 1.97. The highest BCUT2D eigenvalue weighted by Gasteiger charge is 2.08. The molecule has 2 aromatic rings. The molecule has 1 aromatic heterocycles. The van der Waals surface area contributed by atoms with Gasteiger partial charge in [-0.05, 0) is 26.0 Å². The van der Waals surface area contributed by atoms with E-state index in [4.69, 9.17) is 5.73 Å². The third kappa shape index (κ3) is 1.73. The molecule has 2 rings (SSSR count). The highest BCUT2D eigenvalue weighted by molar-refractivity contribution is 5.74. The second-order valence-corrected chi connectivity index (χ2v) is 3.57. The Morgan fingerprint density at radius 2 is 2.07 bits per heavy atom. The Hall–Kier alpha value is -1.77. The van der Waals surface area contributed by atoms with E-state index in [1.54, 1.807) is 0 Å². The minimum atomic E-state index is 0.798. The van der Waals surface area contributed by atoms with Gasteiger partial charge in [-0.25, -0.2) is 0 Å². The first-order valence-corrected chi connectivity index (χ1v) is 5.11. The molecule has 0 aliphatic heterocycles. The Labute approximate surface area is 89.5 Å². The van der Waals surface area contributed by atoms with E-state index in [-0.39, 0.29) is 0 Å². The number of hydrogen-bond acceptors (Lipinski definition) is 2. The third-order valence-corrected chi connectivity index (χ3v) is 2.44. The normalized spacial score (nSPS) is 10.5. The number of nitrogens with two attached hydrogens (primary N) is 1. The molecule has 0 aliphatic rings. The average molecular weight is 201 g/mol. The van der Waals surface area contributed by atoms with Crippen LogP contribution in [-0.2, 0) is 6.54 Å². The summed E-state index contributed by atoms with van der Waals surface area (Å²) >= 11 is 0. The number of aromatic nitrogens is 2. The molecule has 0 fully saturated rings. The minimum absolute atomic E-state index is 0.798. The molecule has 0 spiro atoms. The fraction of sp³-hybridized carbons (Fsp3) is 0.250. The number of benzene rings is 1. The van der Waals surface area contributed by atoms with Gasteiger partial charge in [0.1, 0.15) is 0 Å². The van der Waals surface area contributed by atoms with Gasteiger partial charge in [0.2, 0.25) is 0 Å². The van der Waals surface area contributed by atoms with E-state index in [9.17, 15) is 0 Å². The molecule has 0 atom stereocenters. The van der Waals surface area contributed by atoms with E-state index >= 15 is 0 Å². The van der Waals surface area contributed by atoms with Crippen LogP contribution in [-0.4, -0.2) is 9.78 Å². The van der Waals surface area contributed by atoms with E-state index in [2.05, 4.69) is 18.1 Å². The standard InChI is InChI=1S/C12H15N3/c1-3-15-12(8-9(2)14-15)10-6-4-5-7-11(10)13/h4-8H,3,13H2,1-2H3. The minimum Gasteiger partial charge on any atom is -0.398 e. The van der Waals surface area contributed by atoms with Crippen LogP contribution in [0.3, 0.4) is 0 Å². The highest BCUT2D eigenvalue weighted by Crippen LogP contribution is 2.25. The molecule has 1 aromatic carbocycles. The summed E-state index contributed by atoms with van der Waals surface area (Å²) in [5.74, 6) is 0. The van der Waals surface area contributed by atoms with E-state index < -0.39 is 0 Å². The van der Waals surface area contributed by atoms with Crippen LogP contribution in [0.5, 0.6) is 0 Å². The van der Waals surface area contributed by atoms with Crippen LogP contribution < -0.4 is 5.73 Å². The Balaban J connectivity index is 2.58. The Kier molecular flexibility index (Phi) is 2.46. The fourth-order valence-electron chi connectivity index (χ4n) is 1.73. The molecule has 0 aliphatic carbocycles. The topological polar surface area (TPSA) is 43.8 Å². The Bertz CT molecular complexity index is 471. The van der Waals surface area contributed by atoms with Gasteiger partial charge in [-0.15, -0.1) is 0 Å². The van der Waals surface area contributed by atoms with Gasteiger partial charge >= 0.3 is 0 Å². The smallest absolute Gasteiger partial charge is 0.0705 e. The largest absolute Gasteiger partial charge is 0.398 e. The molecule has 0 saturated carbocycles. The van der Waals surface area contributed by atoms with E-state index in [0.717, 1.165) is 29.2 Å². The molecule has 3 heteroatoms. The molecule has 15 heavy (non-hydrogen) atoms. The monoisotopic (exact) mass is 201 g/mol. The van der Waals surface area contributed by atoms with Crippen LogP contribution in [0, 0.1) is 6.92 Å². The number of aryl methyl sites for hydroxylation is 2. The number of nitrogens with zero attached hydrogens (tertiary/aromatic N) is 2. The van der Waals surface area contributed by atoms with Crippen molar-refractivity contribution in [3.63, 3.8) is 0 Å². The van der Waals surface area contributed by atoms with Gasteiger partial charge in [-0.1, -0.05) is 18.2 Å². The zero-order valence-corrected chi connectivity index (χ0v) is 9.07. The number of nitrogen functional groups attached to an aromatic ring is 1. The lowest BCUT2D eigenvalue weighted by molar-refractivity contribution is 0.660. The zero-order chi connectivity index (χ0) is 10.8. The van der Waals surface area contributed by atoms with Crippen molar-refractivity contribution >= 4 is 5.69 Å². The summed E-state index contributed by atoms with van der Waals surface area (Å²) in [6.07, 6.45) is 0. The lowest BCUT2D eigenvalue weighted by atomic mass is 10.1. The van der Waals surface area contributed by atoms with E-state index in [1.165, 1.54) is 0 Å². The van der Waals surface area contributed by atoms with Gasteiger partial charge in [-0.3, -0.25) is 4.68 Å². The molecule has 2 N–H and O–H groups in total. The second kappa shape index (κ2) is 3.77. The van der Waals surface area contributed by atoms with E-state index in [1.807, 2.05) is 35.9 Å². The van der Waals surface area contributed by atoms with Gasteiger partial charge in [0.05, 0.1) is 11.4 Å². The van der Waals surface area contributed by atoms with Gasteiger partial charge in [0.15, 0.2) is 0 Å². The van der Waals surface area contributed by atoms with Crippen LogP contribution in [0.2, 0.25) is 0 Å². The van der Waals surface area contributed by atoms with Crippen LogP contribution in [0.25, 0.3) is 11.3 Å². The Morgan fingerprint density at radius 1 is 1.33 bits per heavy atom. The molecule has 0 unspecified atom stereocenters. The van der Waals surface area contributed by atoms with Crippen LogP contribution >= 0.6 is 0 Å². The number of rotatable bonds is 2. The molecule has 78 valence electrons. The summed E-state index contributed by atoms with van der Waals surface area (Å²) in [6.45, 7) is 4.93. The molecule has 0 saturated heterocycles.